The van der Waals surface area contributed by atoms with Crippen molar-refractivity contribution in [2.24, 2.45) is 0 Å². The van der Waals surface area contributed by atoms with E-state index in [1.54, 1.807) is 0 Å². The Morgan fingerprint density at radius 1 is 0.828 bits per heavy atom. The van der Waals surface area contributed by atoms with Crippen molar-refractivity contribution in [3.63, 3.8) is 0 Å². The Morgan fingerprint density at radius 2 is 1.45 bits per heavy atom. The van der Waals surface area contributed by atoms with Crippen molar-refractivity contribution in [2.75, 3.05) is 0 Å². The zero-order valence-corrected chi connectivity index (χ0v) is 18.1. The summed E-state index contributed by atoms with van der Waals surface area (Å²) in [6, 6.07) is 11.5. The Labute approximate surface area is 186 Å². The third-order valence-corrected chi connectivity index (χ3v) is 7.13. The summed E-state index contributed by atoms with van der Waals surface area (Å²) in [6.07, 6.45) is 0. The van der Waals surface area contributed by atoms with Crippen LogP contribution in [-0.2, 0) is 14.9 Å². The van der Waals surface area contributed by atoms with Gasteiger partial charge >= 0.3 is 0 Å². The van der Waals surface area contributed by atoms with Gasteiger partial charge in [-0.2, -0.15) is 8.42 Å². The van der Waals surface area contributed by atoms with Crippen LogP contribution in [0.3, 0.4) is 0 Å². The monoisotopic (exact) mass is 492 g/mol. The topological polar surface area (TPSA) is 94.8 Å². The number of hydrogen-bond acceptors (Lipinski definition) is 4. The highest BCUT2D eigenvalue weighted by Gasteiger charge is 2.53. The number of aromatic hydroxyl groups is 2. The van der Waals surface area contributed by atoms with Gasteiger partial charge < -0.3 is 10.2 Å². The minimum atomic E-state index is -5.16. The summed E-state index contributed by atoms with van der Waals surface area (Å²) in [5.74, 6) is -0.859. The molecular weight excluding hydrogens is 482 g/mol. The van der Waals surface area contributed by atoms with Crippen LogP contribution in [0.1, 0.15) is 16.7 Å². The molecule has 0 aromatic heterocycles. The molecule has 29 heavy (non-hydrogen) atoms. The van der Waals surface area contributed by atoms with Crippen LogP contribution in [0.2, 0.25) is 20.1 Å². The van der Waals surface area contributed by atoms with Gasteiger partial charge in [-0.1, -0.05) is 64.6 Å². The minimum Gasteiger partial charge on any atom is -0.508 e. The molecular formula is C19H12Cl4O5S. The molecule has 10 heteroatoms. The Kier molecular flexibility index (Phi) is 5.98. The van der Waals surface area contributed by atoms with Gasteiger partial charge in [0, 0.05) is 21.2 Å². The lowest BCUT2D eigenvalue weighted by Crippen LogP contribution is -2.39. The van der Waals surface area contributed by atoms with Gasteiger partial charge in [-0.3, -0.25) is 4.55 Å². The molecule has 1 unspecified atom stereocenters. The number of rotatable bonds is 4. The maximum atomic E-state index is 13.0. The predicted molar refractivity (Wildman–Crippen MR) is 114 cm³/mol. The van der Waals surface area contributed by atoms with Crippen molar-refractivity contribution in [3.8, 4) is 11.5 Å². The van der Waals surface area contributed by atoms with E-state index in [-0.39, 0.29) is 42.5 Å². The lowest BCUT2D eigenvalue weighted by atomic mass is 9.83. The first-order valence-electron chi connectivity index (χ1n) is 7.89. The Bertz CT molecular complexity index is 1190. The molecule has 3 N–H and O–H groups in total. The van der Waals surface area contributed by atoms with E-state index < -0.39 is 20.6 Å². The van der Waals surface area contributed by atoms with E-state index in [9.17, 15) is 23.2 Å². The molecule has 3 aromatic rings. The zero-order valence-electron chi connectivity index (χ0n) is 14.3. The smallest absolute Gasteiger partial charge is 0.283 e. The van der Waals surface area contributed by atoms with Crippen molar-refractivity contribution >= 4 is 56.5 Å². The lowest BCUT2D eigenvalue weighted by Gasteiger charge is -2.34. The van der Waals surface area contributed by atoms with Crippen LogP contribution in [0, 0.1) is 0 Å². The molecule has 0 spiro atoms. The number of phenols is 2. The number of para-hydroxylation sites is 1. The second-order valence-electron chi connectivity index (χ2n) is 6.09. The van der Waals surface area contributed by atoms with Crippen molar-refractivity contribution in [1.29, 1.82) is 0 Å². The van der Waals surface area contributed by atoms with Gasteiger partial charge in [0.15, 0.2) is 4.75 Å². The summed E-state index contributed by atoms with van der Waals surface area (Å²) >= 11 is 24.8. The Morgan fingerprint density at radius 3 is 2.03 bits per heavy atom. The standard InChI is InChI=1S/C19H12Cl4O5S/c20-11-7-10(8-12(24)9-11)19(29(26,27)28,13-3-1-2-4-16(13)25)17-14(21)5-6-15(22)18(17)23/h1-9,24-25H,(H,26,27,28). The SMILES string of the molecule is O=S(=O)(O)C(c1cc(O)cc(Cl)c1)(c1ccccc1O)c1c(Cl)ccc(Cl)c1Cl. The second-order valence-corrected chi connectivity index (χ2v) is 9.28. The molecule has 0 amide bonds. The summed E-state index contributed by atoms with van der Waals surface area (Å²) in [5.41, 5.74) is -0.785. The van der Waals surface area contributed by atoms with Crippen LogP contribution in [0.5, 0.6) is 11.5 Å². The zero-order chi connectivity index (χ0) is 21.6. The van der Waals surface area contributed by atoms with Crippen molar-refractivity contribution in [1.82, 2.24) is 0 Å². The number of hydrogen-bond donors (Lipinski definition) is 3. The largest absolute Gasteiger partial charge is 0.508 e. The minimum absolute atomic E-state index is 0.0299. The third-order valence-electron chi connectivity index (χ3n) is 4.36. The van der Waals surface area contributed by atoms with Gasteiger partial charge in [-0.05, 0) is 42.0 Å². The highest BCUT2D eigenvalue weighted by atomic mass is 35.5. The van der Waals surface area contributed by atoms with Crippen LogP contribution >= 0.6 is 46.4 Å². The van der Waals surface area contributed by atoms with Crippen LogP contribution in [-0.4, -0.2) is 23.2 Å². The molecule has 152 valence electrons. The molecule has 0 fully saturated rings. The fourth-order valence-corrected chi connectivity index (χ4v) is 5.74. The first kappa shape index (κ1) is 22.0. The summed E-state index contributed by atoms with van der Waals surface area (Å²) in [4.78, 5) is 0. The molecule has 0 saturated heterocycles. The molecule has 3 rings (SSSR count). The molecule has 0 heterocycles. The summed E-state index contributed by atoms with van der Waals surface area (Å²) < 4.78 is 34.0. The molecule has 0 aliphatic carbocycles. The fourth-order valence-electron chi connectivity index (χ4n) is 3.25. The van der Waals surface area contributed by atoms with Crippen molar-refractivity contribution < 1.29 is 23.2 Å². The van der Waals surface area contributed by atoms with Gasteiger partial charge in [-0.15, -0.1) is 0 Å². The molecule has 0 saturated carbocycles. The first-order chi connectivity index (χ1) is 13.5. The van der Waals surface area contributed by atoms with Crippen LogP contribution in [0.4, 0.5) is 0 Å². The van der Waals surface area contributed by atoms with Gasteiger partial charge in [0.25, 0.3) is 10.1 Å². The number of benzene rings is 3. The molecule has 0 bridgehead atoms. The first-order valence-corrected chi connectivity index (χ1v) is 10.8. The van der Waals surface area contributed by atoms with E-state index in [1.807, 2.05) is 0 Å². The van der Waals surface area contributed by atoms with E-state index in [2.05, 4.69) is 0 Å². The molecule has 5 nitrogen and oxygen atoms in total. The van der Waals surface area contributed by atoms with E-state index in [1.165, 1.54) is 48.5 Å². The average molecular weight is 494 g/mol. The van der Waals surface area contributed by atoms with E-state index in [0.29, 0.717) is 0 Å². The summed E-state index contributed by atoms with van der Waals surface area (Å²) in [6.45, 7) is 0. The lowest BCUT2D eigenvalue weighted by molar-refractivity contribution is 0.439. The fraction of sp³-hybridized carbons (Fsp3) is 0.0526. The highest BCUT2D eigenvalue weighted by Crippen LogP contribution is 2.53. The second kappa shape index (κ2) is 7.87. The molecule has 3 aromatic carbocycles. The summed E-state index contributed by atoms with van der Waals surface area (Å²) in [5, 5.41) is 20.1. The van der Waals surface area contributed by atoms with Gasteiger partial charge in [0.1, 0.15) is 11.5 Å². The molecule has 0 aliphatic heterocycles. The van der Waals surface area contributed by atoms with E-state index >= 15 is 0 Å². The van der Waals surface area contributed by atoms with E-state index in [4.69, 9.17) is 46.4 Å². The Hall–Kier alpha value is -1.67. The van der Waals surface area contributed by atoms with Crippen LogP contribution in [0.25, 0.3) is 0 Å². The maximum absolute atomic E-state index is 13.0. The highest BCUT2D eigenvalue weighted by molar-refractivity contribution is 7.87. The quantitative estimate of drug-likeness (QED) is 0.239. The average Bonchev–Trinajstić information content (AvgIpc) is 2.61. The number of halogens is 4. The molecule has 1 atom stereocenters. The van der Waals surface area contributed by atoms with Crippen LogP contribution in [0.15, 0.2) is 54.6 Å². The van der Waals surface area contributed by atoms with Gasteiger partial charge in [-0.25, -0.2) is 0 Å². The Balaban J connectivity index is 2.68. The third kappa shape index (κ3) is 3.65. The maximum Gasteiger partial charge on any atom is 0.283 e. The van der Waals surface area contributed by atoms with Crippen LogP contribution < -0.4 is 0 Å². The van der Waals surface area contributed by atoms with Gasteiger partial charge in [0.05, 0.1) is 10.0 Å². The predicted octanol–water partition coefficient (Wildman–Crippen LogP) is 5.89. The molecule has 0 aliphatic rings. The molecule has 0 radical (unpaired) electrons. The van der Waals surface area contributed by atoms with Crippen molar-refractivity contribution in [2.45, 2.75) is 4.75 Å². The normalized spacial score (nSPS) is 13.8. The summed E-state index contributed by atoms with van der Waals surface area (Å²) in [7, 11) is -5.16. The van der Waals surface area contributed by atoms with Gasteiger partial charge in [0.2, 0.25) is 0 Å². The van der Waals surface area contributed by atoms with E-state index in [0.717, 1.165) is 6.07 Å². The number of phenolic OH excluding ortho intramolecular Hbond substituents is 2. The van der Waals surface area contributed by atoms with Crippen molar-refractivity contribution in [3.05, 3.63) is 91.4 Å².